The van der Waals surface area contributed by atoms with Gasteiger partial charge in [0.2, 0.25) is 5.91 Å². The molecule has 0 atom stereocenters. The summed E-state index contributed by atoms with van der Waals surface area (Å²) in [6.45, 7) is 3.34. The van der Waals surface area contributed by atoms with Gasteiger partial charge < -0.3 is 15.4 Å². The van der Waals surface area contributed by atoms with Crippen molar-refractivity contribution in [2.45, 2.75) is 20.2 Å². The number of anilines is 2. The number of nitrogens with zero attached hydrogens (tertiary/aromatic N) is 2. The molecule has 1 amide bonds. The zero-order valence-electron chi connectivity index (χ0n) is 13.4. The summed E-state index contributed by atoms with van der Waals surface area (Å²) in [5, 5.41) is 9.50. The summed E-state index contributed by atoms with van der Waals surface area (Å²) in [7, 11) is 1.75. The van der Waals surface area contributed by atoms with Crippen molar-refractivity contribution in [3.05, 3.63) is 35.7 Å². The lowest BCUT2D eigenvalue weighted by atomic mass is 10.3. The molecule has 2 rings (SSSR count). The monoisotopic (exact) mass is 342 g/mol. The van der Waals surface area contributed by atoms with Crippen molar-refractivity contribution in [3.8, 4) is 5.75 Å². The van der Waals surface area contributed by atoms with E-state index in [1.807, 2.05) is 0 Å². The highest BCUT2D eigenvalue weighted by molar-refractivity contribution is 5.94. The van der Waals surface area contributed by atoms with Gasteiger partial charge in [0, 0.05) is 7.05 Å². The number of hydrogen-bond acceptors (Lipinski definition) is 4. The maximum Gasteiger partial charge on any atom is 0.573 e. The first-order valence-corrected chi connectivity index (χ1v) is 7.06. The lowest BCUT2D eigenvalue weighted by molar-refractivity contribution is -0.274. The van der Waals surface area contributed by atoms with E-state index in [-0.39, 0.29) is 12.2 Å². The Balaban J connectivity index is 2.02. The van der Waals surface area contributed by atoms with E-state index in [0.29, 0.717) is 11.4 Å². The minimum Gasteiger partial charge on any atom is -0.404 e. The molecule has 0 aliphatic carbocycles. The third kappa shape index (κ3) is 4.40. The van der Waals surface area contributed by atoms with Crippen LogP contribution in [-0.2, 0) is 11.8 Å². The average Bonchev–Trinajstić information content (AvgIpc) is 2.71. The summed E-state index contributed by atoms with van der Waals surface area (Å²) < 4.78 is 42.6. The molecule has 6 nitrogen and oxygen atoms in total. The highest BCUT2D eigenvalue weighted by Crippen LogP contribution is 2.29. The van der Waals surface area contributed by atoms with Crippen molar-refractivity contribution in [1.82, 2.24) is 9.78 Å². The second kappa shape index (κ2) is 6.81. The number of para-hydroxylation sites is 2. The largest absolute Gasteiger partial charge is 0.573 e. The molecule has 9 heteroatoms. The number of aryl methyl sites for hydroxylation is 2. The lowest BCUT2D eigenvalue weighted by Gasteiger charge is -2.14. The second-order valence-electron chi connectivity index (χ2n) is 5.12. The molecule has 130 valence electrons. The van der Waals surface area contributed by atoms with Crippen LogP contribution in [0.1, 0.15) is 11.4 Å². The van der Waals surface area contributed by atoms with Crippen molar-refractivity contribution in [2.24, 2.45) is 7.05 Å². The van der Waals surface area contributed by atoms with E-state index in [1.54, 1.807) is 31.6 Å². The van der Waals surface area contributed by atoms with Crippen LogP contribution in [0.15, 0.2) is 24.3 Å². The molecule has 1 aromatic heterocycles. The SMILES string of the molecule is Cc1nn(C)c(C)c1NC(=O)CNc1ccccc1OC(F)(F)F. The fourth-order valence-corrected chi connectivity index (χ4v) is 2.14. The molecule has 0 aliphatic heterocycles. The summed E-state index contributed by atoms with van der Waals surface area (Å²) in [4.78, 5) is 12.0. The van der Waals surface area contributed by atoms with Gasteiger partial charge in [-0.2, -0.15) is 5.10 Å². The Morgan fingerprint density at radius 2 is 1.96 bits per heavy atom. The Morgan fingerprint density at radius 1 is 1.29 bits per heavy atom. The van der Waals surface area contributed by atoms with Gasteiger partial charge in [-0.1, -0.05) is 12.1 Å². The predicted molar refractivity (Wildman–Crippen MR) is 82.9 cm³/mol. The predicted octanol–water partition coefficient (Wildman–Crippen LogP) is 2.99. The van der Waals surface area contributed by atoms with Gasteiger partial charge >= 0.3 is 6.36 Å². The van der Waals surface area contributed by atoms with Crippen molar-refractivity contribution < 1.29 is 22.7 Å². The van der Waals surface area contributed by atoms with Crippen LogP contribution in [0.25, 0.3) is 0 Å². The van der Waals surface area contributed by atoms with E-state index in [4.69, 9.17) is 0 Å². The van der Waals surface area contributed by atoms with Crippen LogP contribution in [0.3, 0.4) is 0 Å². The minimum atomic E-state index is -4.80. The van der Waals surface area contributed by atoms with Crippen LogP contribution in [-0.4, -0.2) is 28.6 Å². The number of rotatable bonds is 5. The number of amides is 1. The maximum absolute atomic E-state index is 12.4. The summed E-state index contributed by atoms with van der Waals surface area (Å²) >= 11 is 0. The van der Waals surface area contributed by atoms with Crippen LogP contribution in [0.4, 0.5) is 24.5 Å². The first-order valence-electron chi connectivity index (χ1n) is 7.06. The highest BCUT2D eigenvalue weighted by Gasteiger charge is 2.32. The van der Waals surface area contributed by atoms with Gasteiger partial charge in [0.1, 0.15) is 0 Å². The van der Waals surface area contributed by atoms with Crippen molar-refractivity contribution in [3.63, 3.8) is 0 Å². The van der Waals surface area contributed by atoms with E-state index in [0.717, 1.165) is 5.69 Å². The number of carbonyl (C=O) groups excluding carboxylic acids is 1. The van der Waals surface area contributed by atoms with Gasteiger partial charge in [-0.25, -0.2) is 0 Å². The number of halogens is 3. The first-order chi connectivity index (χ1) is 11.2. The molecule has 2 N–H and O–H groups in total. The number of benzene rings is 1. The smallest absolute Gasteiger partial charge is 0.404 e. The normalized spacial score (nSPS) is 11.2. The quantitative estimate of drug-likeness (QED) is 0.877. The van der Waals surface area contributed by atoms with Crippen LogP contribution < -0.4 is 15.4 Å². The van der Waals surface area contributed by atoms with Gasteiger partial charge in [0.05, 0.1) is 29.3 Å². The van der Waals surface area contributed by atoms with E-state index < -0.39 is 18.0 Å². The zero-order valence-corrected chi connectivity index (χ0v) is 13.4. The van der Waals surface area contributed by atoms with E-state index in [1.165, 1.54) is 18.2 Å². The van der Waals surface area contributed by atoms with Crippen LogP contribution >= 0.6 is 0 Å². The highest BCUT2D eigenvalue weighted by atomic mass is 19.4. The number of hydrogen-bond donors (Lipinski definition) is 2. The molecular weight excluding hydrogens is 325 g/mol. The molecule has 0 saturated heterocycles. The molecule has 0 spiro atoms. The molecule has 2 aromatic rings. The fraction of sp³-hybridized carbons (Fsp3) is 0.333. The molecule has 0 aliphatic rings. The molecule has 0 saturated carbocycles. The topological polar surface area (TPSA) is 68.2 Å². The molecule has 0 fully saturated rings. The lowest BCUT2D eigenvalue weighted by Crippen LogP contribution is -2.23. The zero-order chi connectivity index (χ0) is 17.9. The molecule has 1 aromatic carbocycles. The molecule has 0 bridgehead atoms. The van der Waals surface area contributed by atoms with Gasteiger partial charge in [-0.15, -0.1) is 13.2 Å². The molecule has 24 heavy (non-hydrogen) atoms. The Bertz CT molecular complexity index is 741. The van der Waals surface area contributed by atoms with E-state index >= 15 is 0 Å². The Hall–Kier alpha value is -2.71. The van der Waals surface area contributed by atoms with E-state index in [2.05, 4.69) is 20.5 Å². The second-order valence-corrected chi connectivity index (χ2v) is 5.12. The number of aromatic nitrogens is 2. The van der Waals surface area contributed by atoms with Gasteiger partial charge in [-0.05, 0) is 26.0 Å². The number of nitrogens with one attached hydrogen (secondary N) is 2. The molecule has 1 heterocycles. The van der Waals surface area contributed by atoms with Crippen molar-refractivity contribution >= 4 is 17.3 Å². The number of ether oxygens (including phenoxy) is 1. The molecule has 0 unspecified atom stereocenters. The third-order valence-corrected chi connectivity index (χ3v) is 3.33. The van der Waals surface area contributed by atoms with Crippen LogP contribution in [0, 0.1) is 13.8 Å². The van der Waals surface area contributed by atoms with Gasteiger partial charge in [-0.3, -0.25) is 9.48 Å². The number of carbonyl (C=O) groups is 1. The Labute approximate surface area is 136 Å². The summed E-state index contributed by atoms with van der Waals surface area (Å²) in [6, 6.07) is 5.52. The minimum absolute atomic E-state index is 0.0737. The summed E-state index contributed by atoms with van der Waals surface area (Å²) in [5.74, 6) is -0.803. The molecule has 0 radical (unpaired) electrons. The van der Waals surface area contributed by atoms with Gasteiger partial charge in [0.25, 0.3) is 0 Å². The summed E-state index contributed by atoms with van der Waals surface area (Å²) in [5.41, 5.74) is 2.10. The molecular formula is C15H17F3N4O2. The average molecular weight is 342 g/mol. The van der Waals surface area contributed by atoms with Crippen LogP contribution in [0.5, 0.6) is 5.75 Å². The van der Waals surface area contributed by atoms with E-state index in [9.17, 15) is 18.0 Å². The summed E-state index contributed by atoms with van der Waals surface area (Å²) in [6.07, 6.45) is -4.80. The Kier molecular flexibility index (Phi) is 5.01. The maximum atomic E-state index is 12.4. The fourth-order valence-electron chi connectivity index (χ4n) is 2.14. The van der Waals surface area contributed by atoms with Crippen molar-refractivity contribution in [1.29, 1.82) is 0 Å². The standard InChI is InChI=1S/C15H17F3N4O2/c1-9-14(10(2)22(3)21-9)20-13(23)8-19-11-6-4-5-7-12(11)24-15(16,17)18/h4-7,19H,8H2,1-3H3,(H,20,23). The van der Waals surface area contributed by atoms with Gasteiger partial charge in [0.15, 0.2) is 5.75 Å². The van der Waals surface area contributed by atoms with Crippen LogP contribution in [0.2, 0.25) is 0 Å². The van der Waals surface area contributed by atoms with Crippen molar-refractivity contribution in [2.75, 3.05) is 17.2 Å². The Morgan fingerprint density at radius 3 is 2.54 bits per heavy atom. The number of alkyl halides is 3. The first kappa shape index (κ1) is 17.6. The third-order valence-electron chi connectivity index (χ3n) is 3.33.